The van der Waals surface area contributed by atoms with Crippen molar-refractivity contribution in [3.8, 4) is 0 Å². The molecule has 0 saturated carbocycles. The molecule has 0 fully saturated rings. The van der Waals surface area contributed by atoms with Crippen LogP contribution in [-0.4, -0.2) is 5.78 Å². The van der Waals surface area contributed by atoms with Gasteiger partial charge in [0, 0.05) is 17.7 Å². The molecule has 0 aliphatic rings. The highest BCUT2D eigenvalue weighted by Gasteiger charge is 2.13. The second kappa shape index (κ2) is 6.44. The maximum Gasteiger partial charge on any atom is 0.228 e. The minimum absolute atomic E-state index is 0. The molecule has 2 nitrogen and oxygen atoms in total. The fourth-order valence-electron chi connectivity index (χ4n) is 2.26. The van der Waals surface area contributed by atoms with Crippen molar-refractivity contribution in [2.24, 2.45) is 0 Å². The number of hydrogen-bond donors (Lipinski definition) is 0. The normalized spacial score (nSPS) is 10.0. The van der Waals surface area contributed by atoms with Gasteiger partial charge in [0.15, 0.2) is 12.4 Å². The molecule has 100 valence electrons. The average Bonchev–Trinajstić information content (AvgIpc) is 2.47. The molecule has 0 radical (unpaired) electrons. The van der Waals surface area contributed by atoms with Crippen molar-refractivity contribution in [1.82, 2.24) is 0 Å². The monoisotopic (exact) mass is 327 g/mol. The Hall–Kier alpha value is -2.00. The predicted molar refractivity (Wildman–Crippen MR) is 74.9 cm³/mol. The van der Waals surface area contributed by atoms with Crippen LogP contribution in [0.5, 0.6) is 0 Å². The zero-order valence-corrected chi connectivity index (χ0v) is 12.5. The standard InChI is InChI=1S/C17H14NO.BrH/c19-17(13-18-11-4-1-5-12-18)16-10-6-8-14-7-2-3-9-15(14)16;/h1-12H,13H2;1H/q+1;/p-1. The zero-order chi connectivity index (χ0) is 13.1. The molecule has 0 atom stereocenters. The van der Waals surface area contributed by atoms with Crippen LogP contribution in [0.2, 0.25) is 0 Å². The number of fused-ring (bicyclic) bond motifs is 1. The SMILES string of the molecule is O=C(C[n+]1ccccc1)c1cccc2ccccc12.[Br-]. The van der Waals surface area contributed by atoms with Crippen molar-refractivity contribution in [2.75, 3.05) is 0 Å². The number of benzene rings is 2. The van der Waals surface area contributed by atoms with Crippen molar-refractivity contribution in [2.45, 2.75) is 6.54 Å². The molecule has 20 heavy (non-hydrogen) atoms. The third kappa shape index (κ3) is 2.94. The Morgan fingerprint density at radius 3 is 2.35 bits per heavy atom. The lowest BCUT2D eigenvalue weighted by Crippen LogP contribution is -3.00. The van der Waals surface area contributed by atoms with Gasteiger partial charge in [0.25, 0.3) is 0 Å². The lowest BCUT2D eigenvalue weighted by Gasteiger charge is -2.03. The van der Waals surface area contributed by atoms with E-state index in [9.17, 15) is 4.79 Å². The van der Waals surface area contributed by atoms with Gasteiger partial charge in [-0.2, -0.15) is 4.57 Å². The average molecular weight is 328 g/mol. The van der Waals surface area contributed by atoms with E-state index in [1.807, 2.05) is 77.6 Å². The summed E-state index contributed by atoms with van der Waals surface area (Å²) in [4.78, 5) is 12.4. The Bertz CT molecular complexity index is 720. The zero-order valence-electron chi connectivity index (χ0n) is 10.9. The largest absolute Gasteiger partial charge is 1.00 e. The van der Waals surface area contributed by atoms with E-state index in [2.05, 4.69) is 0 Å². The Morgan fingerprint density at radius 1 is 0.850 bits per heavy atom. The molecular formula is C17H14BrNO. The van der Waals surface area contributed by atoms with Gasteiger partial charge in [-0.15, -0.1) is 0 Å². The second-order valence-corrected chi connectivity index (χ2v) is 4.50. The minimum Gasteiger partial charge on any atom is -1.00 e. The van der Waals surface area contributed by atoms with Gasteiger partial charge in [-0.1, -0.05) is 48.5 Å². The van der Waals surface area contributed by atoms with E-state index in [1.165, 1.54) is 0 Å². The number of nitrogens with zero attached hydrogens (tertiary/aromatic N) is 1. The van der Waals surface area contributed by atoms with Crippen LogP contribution in [0.25, 0.3) is 10.8 Å². The first kappa shape index (κ1) is 14.4. The first-order valence-electron chi connectivity index (χ1n) is 6.30. The van der Waals surface area contributed by atoms with Crippen molar-refractivity contribution in [3.63, 3.8) is 0 Å². The number of carbonyl (C=O) groups is 1. The molecule has 0 aliphatic heterocycles. The third-order valence-corrected chi connectivity index (χ3v) is 3.19. The molecule has 3 aromatic rings. The molecular weight excluding hydrogens is 314 g/mol. The van der Waals surface area contributed by atoms with Gasteiger partial charge < -0.3 is 17.0 Å². The molecule has 0 saturated heterocycles. The maximum absolute atomic E-state index is 12.4. The van der Waals surface area contributed by atoms with E-state index in [0.717, 1.165) is 16.3 Å². The van der Waals surface area contributed by atoms with Gasteiger partial charge in [-0.05, 0) is 10.8 Å². The second-order valence-electron chi connectivity index (χ2n) is 4.50. The van der Waals surface area contributed by atoms with Gasteiger partial charge in [0.2, 0.25) is 12.3 Å². The van der Waals surface area contributed by atoms with Crippen LogP contribution in [0.1, 0.15) is 10.4 Å². The molecule has 2 aromatic carbocycles. The smallest absolute Gasteiger partial charge is 0.228 e. The number of halogens is 1. The van der Waals surface area contributed by atoms with Crippen LogP contribution in [0.4, 0.5) is 0 Å². The van der Waals surface area contributed by atoms with Crippen LogP contribution >= 0.6 is 0 Å². The Balaban J connectivity index is 0.00000147. The maximum atomic E-state index is 12.4. The predicted octanol–water partition coefficient (Wildman–Crippen LogP) is 0.0142. The Labute approximate surface area is 128 Å². The lowest BCUT2D eigenvalue weighted by atomic mass is 10.0. The van der Waals surface area contributed by atoms with Gasteiger partial charge in [-0.3, -0.25) is 4.79 Å². The first-order chi connectivity index (χ1) is 9.34. The van der Waals surface area contributed by atoms with E-state index in [0.29, 0.717) is 6.54 Å². The topological polar surface area (TPSA) is 20.9 Å². The summed E-state index contributed by atoms with van der Waals surface area (Å²) >= 11 is 0. The van der Waals surface area contributed by atoms with Gasteiger partial charge >= 0.3 is 0 Å². The third-order valence-electron chi connectivity index (χ3n) is 3.19. The minimum atomic E-state index is 0. The highest BCUT2D eigenvalue weighted by atomic mass is 79.9. The number of ketones is 1. The van der Waals surface area contributed by atoms with Crippen molar-refractivity contribution in [3.05, 3.63) is 78.6 Å². The van der Waals surface area contributed by atoms with Crippen LogP contribution in [0.15, 0.2) is 73.1 Å². The summed E-state index contributed by atoms with van der Waals surface area (Å²) < 4.78 is 1.89. The highest BCUT2D eigenvalue weighted by Crippen LogP contribution is 2.18. The van der Waals surface area contributed by atoms with E-state index < -0.39 is 0 Å². The molecule has 3 rings (SSSR count). The molecule has 0 spiro atoms. The van der Waals surface area contributed by atoms with Crippen LogP contribution in [0, 0.1) is 0 Å². The van der Waals surface area contributed by atoms with Crippen LogP contribution < -0.4 is 21.5 Å². The summed E-state index contributed by atoms with van der Waals surface area (Å²) in [5, 5.41) is 2.12. The molecule has 0 amide bonds. The van der Waals surface area contributed by atoms with E-state index in [1.54, 1.807) is 0 Å². The quantitative estimate of drug-likeness (QED) is 0.490. The summed E-state index contributed by atoms with van der Waals surface area (Å²) in [6.07, 6.45) is 3.81. The number of hydrogen-bond acceptors (Lipinski definition) is 1. The van der Waals surface area contributed by atoms with E-state index >= 15 is 0 Å². The molecule has 1 aromatic heterocycles. The molecule has 1 heterocycles. The number of carbonyl (C=O) groups excluding carboxylic acids is 1. The summed E-state index contributed by atoms with van der Waals surface area (Å²) in [6, 6.07) is 19.6. The van der Waals surface area contributed by atoms with Crippen molar-refractivity contribution in [1.29, 1.82) is 0 Å². The lowest BCUT2D eigenvalue weighted by molar-refractivity contribution is -0.683. The number of Topliss-reactive ketones (excluding diaryl/α,β-unsaturated/α-hetero) is 1. The first-order valence-corrected chi connectivity index (χ1v) is 6.30. The summed E-state index contributed by atoms with van der Waals surface area (Å²) in [5.74, 6) is 0.132. The highest BCUT2D eigenvalue weighted by molar-refractivity contribution is 6.07. The molecule has 0 N–H and O–H groups in total. The Kier molecular flexibility index (Phi) is 4.64. The molecule has 0 aliphatic carbocycles. The number of rotatable bonds is 3. The summed E-state index contributed by atoms with van der Waals surface area (Å²) in [7, 11) is 0. The van der Waals surface area contributed by atoms with Gasteiger partial charge in [0.05, 0.1) is 0 Å². The fraction of sp³-hybridized carbons (Fsp3) is 0.0588. The fourth-order valence-corrected chi connectivity index (χ4v) is 2.26. The number of aromatic nitrogens is 1. The molecule has 0 unspecified atom stereocenters. The molecule has 0 bridgehead atoms. The summed E-state index contributed by atoms with van der Waals surface area (Å²) in [5.41, 5.74) is 0.787. The molecule has 3 heteroatoms. The number of pyridine rings is 1. The van der Waals surface area contributed by atoms with Crippen molar-refractivity contribution >= 4 is 16.6 Å². The van der Waals surface area contributed by atoms with Gasteiger partial charge in [0.1, 0.15) is 0 Å². The van der Waals surface area contributed by atoms with Crippen LogP contribution in [0.3, 0.4) is 0 Å². The Morgan fingerprint density at radius 2 is 1.55 bits per heavy atom. The summed E-state index contributed by atoms with van der Waals surface area (Å²) in [6.45, 7) is 0.370. The van der Waals surface area contributed by atoms with E-state index in [4.69, 9.17) is 0 Å². The van der Waals surface area contributed by atoms with Crippen molar-refractivity contribution < 1.29 is 26.3 Å². The van der Waals surface area contributed by atoms with E-state index in [-0.39, 0.29) is 22.8 Å². The van der Waals surface area contributed by atoms with Gasteiger partial charge in [-0.25, -0.2) is 0 Å². The van der Waals surface area contributed by atoms with Crippen LogP contribution in [-0.2, 0) is 6.54 Å².